The van der Waals surface area contributed by atoms with Crippen molar-refractivity contribution in [3.63, 3.8) is 0 Å². The lowest BCUT2D eigenvalue weighted by Gasteiger charge is -2.26. The minimum Gasteiger partial charge on any atom is -0.462 e. The molecule has 166 valence electrons. The monoisotopic (exact) mass is 440 g/mol. The van der Waals surface area contributed by atoms with Crippen LogP contribution in [0, 0.1) is 5.82 Å². The van der Waals surface area contributed by atoms with E-state index >= 15 is 0 Å². The Morgan fingerprint density at radius 2 is 1.41 bits per heavy atom. The fourth-order valence-electron chi connectivity index (χ4n) is 3.11. The predicted molar refractivity (Wildman–Crippen MR) is 112 cm³/mol. The lowest BCUT2D eigenvalue weighted by atomic mass is 10.1. The average molecular weight is 440 g/mol. The summed E-state index contributed by atoms with van der Waals surface area (Å²) in [5.74, 6) is -3.42. The lowest BCUT2D eigenvalue weighted by molar-refractivity contribution is -0.146. The van der Waals surface area contributed by atoms with E-state index in [-0.39, 0.29) is 31.0 Å². The number of amides is 2. The summed E-state index contributed by atoms with van der Waals surface area (Å²) in [6.07, 6.45) is 1.13. The molecule has 1 aliphatic rings. The van der Waals surface area contributed by atoms with Crippen LogP contribution >= 0.6 is 0 Å². The summed E-state index contributed by atoms with van der Waals surface area (Å²) in [7, 11) is 0. The number of imide groups is 1. The van der Waals surface area contributed by atoms with Crippen molar-refractivity contribution in [1.29, 1.82) is 0 Å². The largest absolute Gasteiger partial charge is 0.462 e. The summed E-state index contributed by atoms with van der Waals surface area (Å²) in [6.45, 7) is 2.86. The van der Waals surface area contributed by atoms with Crippen LogP contribution in [-0.4, -0.2) is 48.5 Å². The van der Waals surface area contributed by atoms with Crippen molar-refractivity contribution in [1.82, 2.24) is 4.90 Å². The number of anilines is 1. The molecule has 0 saturated carbocycles. The number of nitrogens with zero attached hydrogens (tertiary/aromatic N) is 2. The van der Waals surface area contributed by atoms with Crippen LogP contribution in [0.4, 0.5) is 10.1 Å². The van der Waals surface area contributed by atoms with Gasteiger partial charge in [0.1, 0.15) is 12.5 Å². The van der Waals surface area contributed by atoms with Gasteiger partial charge in [-0.05, 0) is 50.2 Å². The van der Waals surface area contributed by atoms with E-state index in [1.165, 1.54) is 41.3 Å². The third kappa shape index (κ3) is 4.66. The molecule has 3 rings (SSSR count). The van der Waals surface area contributed by atoms with Crippen molar-refractivity contribution in [2.75, 3.05) is 24.8 Å². The van der Waals surface area contributed by atoms with Gasteiger partial charge in [-0.3, -0.25) is 14.5 Å². The van der Waals surface area contributed by atoms with Crippen LogP contribution in [0.15, 0.2) is 60.3 Å². The first kappa shape index (κ1) is 22.7. The molecular formula is C23H21FN2O6. The maximum absolute atomic E-state index is 13.5. The molecule has 2 aromatic carbocycles. The van der Waals surface area contributed by atoms with E-state index in [2.05, 4.69) is 0 Å². The topological polar surface area (TPSA) is 93.2 Å². The van der Waals surface area contributed by atoms with Crippen molar-refractivity contribution < 1.29 is 33.0 Å². The zero-order chi connectivity index (χ0) is 23.3. The van der Waals surface area contributed by atoms with E-state index < -0.39 is 35.1 Å². The molecule has 0 unspecified atom stereocenters. The number of halogens is 1. The molecule has 32 heavy (non-hydrogen) atoms. The predicted octanol–water partition coefficient (Wildman–Crippen LogP) is 2.90. The normalized spacial score (nSPS) is 12.3. The van der Waals surface area contributed by atoms with Gasteiger partial charge >= 0.3 is 11.9 Å². The Labute approximate surface area is 183 Å². The van der Waals surface area contributed by atoms with Gasteiger partial charge in [0.25, 0.3) is 11.8 Å². The van der Waals surface area contributed by atoms with Crippen molar-refractivity contribution in [2.24, 2.45) is 0 Å². The average Bonchev–Trinajstić information content (AvgIpc) is 3.02. The number of ether oxygens (including phenoxy) is 2. The molecule has 9 heteroatoms. The van der Waals surface area contributed by atoms with E-state index in [4.69, 9.17) is 9.47 Å². The highest BCUT2D eigenvalue weighted by Gasteiger charge is 2.36. The second-order valence-electron chi connectivity index (χ2n) is 6.66. The second kappa shape index (κ2) is 9.86. The summed E-state index contributed by atoms with van der Waals surface area (Å²) in [4.78, 5) is 52.7. The standard InChI is InChI=1S/C23H21FN2O6/c1-3-31-22(29)19(23(30)32-4-2)13-25(16-11-9-15(24)10-12-16)14-26-20(27)17-7-5-6-8-18(17)21(26)28/h5-13H,3-4,14H2,1-2H3. The first-order chi connectivity index (χ1) is 15.4. The van der Waals surface area contributed by atoms with Crippen molar-refractivity contribution >= 4 is 29.4 Å². The summed E-state index contributed by atoms with van der Waals surface area (Å²) >= 11 is 0. The third-order valence-electron chi connectivity index (χ3n) is 4.61. The number of carbonyl (C=O) groups excluding carboxylic acids is 4. The summed E-state index contributed by atoms with van der Waals surface area (Å²) in [5, 5.41) is 0. The molecule has 2 aromatic rings. The molecule has 2 amide bonds. The van der Waals surface area contributed by atoms with Crippen LogP contribution in [-0.2, 0) is 19.1 Å². The number of carbonyl (C=O) groups is 4. The van der Waals surface area contributed by atoms with Crippen molar-refractivity contribution in [3.05, 3.63) is 77.2 Å². The first-order valence-corrected chi connectivity index (χ1v) is 9.90. The van der Waals surface area contributed by atoms with Gasteiger partial charge in [-0.15, -0.1) is 0 Å². The molecule has 8 nitrogen and oxygen atoms in total. The van der Waals surface area contributed by atoms with Crippen LogP contribution in [0.2, 0.25) is 0 Å². The molecule has 1 aliphatic heterocycles. The molecular weight excluding hydrogens is 419 g/mol. The first-order valence-electron chi connectivity index (χ1n) is 9.90. The van der Waals surface area contributed by atoms with Crippen LogP contribution in [0.5, 0.6) is 0 Å². The summed E-state index contributed by atoms with van der Waals surface area (Å²) < 4.78 is 23.4. The van der Waals surface area contributed by atoms with Crippen LogP contribution in [0.25, 0.3) is 0 Å². The van der Waals surface area contributed by atoms with E-state index in [0.717, 1.165) is 11.1 Å². The summed E-state index contributed by atoms with van der Waals surface area (Å²) in [5.41, 5.74) is 0.386. The highest BCUT2D eigenvalue weighted by atomic mass is 19.1. The van der Waals surface area contributed by atoms with Gasteiger partial charge in [-0.25, -0.2) is 14.0 Å². The van der Waals surface area contributed by atoms with Crippen LogP contribution in [0.1, 0.15) is 34.6 Å². The van der Waals surface area contributed by atoms with E-state index in [1.54, 1.807) is 26.0 Å². The Hall–Kier alpha value is -4.01. The molecule has 0 fully saturated rings. The third-order valence-corrected chi connectivity index (χ3v) is 4.61. The summed E-state index contributed by atoms with van der Waals surface area (Å²) in [6, 6.07) is 11.5. The van der Waals surface area contributed by atoms with Gasteiger partial charge in [-0.1, -0.05) is 12.1 Å². The Morgan fingerprint density at radius 3 is 1.88 bits per heavy atom. The Morgan fingerprint density at radius 1 is 0.906 bits per heavy atom. The van der Waals surface area contributed by atoms with Gasteiger partial charge in [0.05, 0.1) is 24.3 Å². The zero-order valence-corrected chi connectivity index (χ0v) is 17.5. The van der Waals surface area contributed by atoms with Crippen molar-refractivity contribution in [2.45, 2.75) is 13.8 Å². The highest BCUT2D eigenvalue weighted by molar-refractivity contribution is 6.21. The van der Waals surface area contributed by atoms with Gasteiger partial charge in [-0.2, -0.15) is 0 Å². The number of esters is 2. The van der Waals surface area contributed by atoms with Gasteiger partial charge in [0, 0.05) is 11.9 Å². The molecule has 0 bridgehead atoms. The number of hydrogen-bond acceptors (Lipinski definition) is 7. The fourth-order valence-corrected chi connectivity index (χ4v) is 3.11. The highest BCUT2D eigenvalue weighted by Crippen LogP contribution is 2.25. The Balaban J connectivity index is 2.02. The number of fused-ring (bicyclic) bond motifs is 1. The second-order valence-corrected chi connectivity index (χ2v) is 6.66. The fraction of sp³-hybridized carbons (Fsp3) is 0.217. The smallest absolute Gasteiger partial charge is 0.347 e. The zero-order valence-electron chi connectivity index (χ0n) is 17.5. The number of hydrogen-bond donors (Lipinski definition) is 0. The molecule has 0 spiro atoms. The minimum absolute atomic E-state index is 0.0184. The number of rotatable bonds is 8. The van der Waals surface area contributed by atoms with E-state index in [0.29, 0.717) is 5.69 Å². The molecule has 0 N–H and O–H groups in total. The molecule has 0 radical (unpaired) electrons. The van der Waals surface area contributed by atoms with Gasteiger partial charge < -0.3 is 14.4 Å². The lowest BCUT2D eigenvalue weighted by Crippen LogP contribution is -2.40. The van der Waals surface area contributed by atoms with Gasteiger partial charge in [0.2, 0.25) is 0 Å². The van der Waals surface area contributed by atoms with E-state index in [1.807, 2.05) is 0 Å². The minimum atomic E-state index is -0.930. The van der Waals surface area contributed by atoms with Gasteiger partial charge in [0.15, 0.2) is 5.57 Å². The van der Waals surface area contributed by atoms with Crippen LogP contribution < -0.4 is 4.90 Å². The molecule has 0 atom stereocenters. The molecule has 0 aromatic heterocycles. The maximum Gasteiger partial charge on any atom is 0.347 e. The maximum atomic E-state index is 13.5. The molecule has 0 saturated heterocycles. The molecule has 0 aliphatic carbocycles. The number of benzene rings is 2. The molecule has 1 heterocycles. The Kier molecular flexibility index (Phi) is 6.99. The quantitative estimate of drug-likeness (QED) is 0.205. The van der Waals surface area contributed by atoms with Crippen molar-refractivity contribution in [3.8, 4) is 0 Å². The van der Waals surface area contributed by atoms with E-state index in [9.17, 15) is 23.6 Å². The Bertz CT molecular complexity index is 1030. The SMILES string of the molecule is CCOC(=O)C(=CN(CN1C(=O)c2ccccc2C1=O)c1ccc(F)cc1)C(=O)OCC. The van der Waals surface area contributed by atoms with Crippen LogP contribution in [0.3, 0.4) is 0 Å².